The Morgan fingerprint density at radius 1 is 0.983 bits per heavy atom. The molecule has 2 saturated carbocycles. The molecule has 16 heteroatoms. The summed E-state index contributed by atoms with van der Waals surface area (Å²) in [6, 6.07) is 13.6. The number of carbonyl (C=O) groups is 2. The summed E-state index contributed by atoms with van der Waals surface area (Å²) >= 11 is 1.44. The van der Waals surface area contributed by atoms with Gasteiger partial charge in [0.25, 0.3) is 0 Å². The summed E-state index contributed by atoms with van der Waals surface area (Å²) in [6.07, 6.45) is 8.83. The van der Waals surface area contributed by atoms with Gasteiger partial charge in [-0.05, 0) is 105 Å². The van der Waals surface area contributed by atoms with Gasteiger partial charge in [-0.3, -0.25) is 24.7 Å². The normalized spacial score (nSPS) is 21.2. The van der Waals surface area contributed by atoms with Crippen LogP contribution in [0.4, 0.5) is 30.8 Å². The number of aromatic nitrogens is 4. The second-order valence-electron chi connectivity index (χ2n) is 17.8. The van der Waals surface area contributed by atoms with Crippen LogP contribution >= 0.6 is 11.9 Å². The minimum Gasteiger partial charge on any atom is -0.453 e. The lowest BCUT2D eigenvalue weighted by Gasteiger charge is -2.63. The van der Waals surface area contributed by atoms with Gasteiger partial charge in [-0.1, -0.05) is 13.8 Å². The number of benzene rings is 3. The molecule has 310 valence electrons. The van der Waals surface area contributed by atoms with Crippen molar-refractivity contribution in [2.45, 2.75) is 76.0 Å². The summed E-state index contributed by atoms with van der Waals surface area (Å²) in [5.74, 6) is -0.300. The van der Waals surface area contributed by atoms with Gasteiger partial charge in [0.15, 0.2) is 17.4 Å². The van der Waals surface area contributed by atoms with Crippen molar-refractivity contribution < 1.29 is 23.1 Å². The lowest BCUT2D eigenvalue weighted by atomic mass is 9.55. The Balaban J connectivity index is 0.728. The van der Waals surface area contributed by atoms with Gasteiger partial charge in [0.2, 0.25) is 5.91 Å². The van der Waals surface area contributed by atoms with Crippen molar-refractivity contribution in [3.05, 3.63) is 71.6 Å². The number of ether oxygens (including phenoxy) is 1. The Kier molecular flexibility index (Phi) is 9.40. The van der Waals surface area contributed by atoms with Gasteiger partial charge in [-0.25, -0.2) is 18.6 Å². The third-order valence-electron chi connectivity index (χ3n) is 13.5. The average molecular weight is 833 g/mol. The molecule has 2 spiro atoms. The maximum Gasteiger partial charge on any atom is 0.329 e. The highest BCUT2D eigenvalue weighted by Crippen LogP contribution is 2.58. The zero-order chi connectivity index (χ0) is 41.5. The minimum atomic E-state index is -0.611. The number of hydrogen-bond donors (Lipinski definition) is 2. The van der Waals surface area contributed by atoms with Crippen LogP contribution in [0.1, 0.15) is 76.0 Å². The molecule has 3 aromatic carbocycles. The van der Waals surface area contributed by atoms with Gasteiger partial charge in [0.05, 0.1) is 33.6 Å². The van der Waals surface area contributed by atoms with Crippen molar-refractivity contribution in [3.63, 3.8) is 0 Å². The highest BCUT2D eigenvalue weighted by atomic mass is 32.2. The van der Waals surface area contributed by atoms with E-state index in [1.807, 2.05) is 32.2 Å². The van der Waals surface area contributed by atoms with E-state index in [4.69, 9.17) is 14.7 Å². The SMILES string of the molecule is CC(C)SNc1ccc(F)c(Oc2ccc3ncc(C4CC5(CCN(C6CC7(C6)CN(c6cc8c(cc6F)c(N6CCC(=O)NC6=O)nn8C)C7)CC5)C4)nc3c2)c1C#N. The first-order valence-electron chi connectivity index (χ1n) is 20.7. The quantitative estimate of drug-likeness (QED) is 0.140. The fourth-order valence-corrected chi connectivity index (χ4v) is 10.8. The number of rotatable bonds is 9. The number of amides is 3. The molecule has 60 heavy (non-hydrogen) atoms. The predicted octanol–water partition coefficient (Wildman–Crippen LogP) is 8.00. The smallest absolute Gasteiger partial charge is 0.329 e. The Labute approximate surface area is 350 Å². The van der Waals surface area contributed by atoms with Gasteiger partial charge in [0, 0.05) is 73.4 Å². The highest BCUT2D eigenvalue weighted by molar-refractivity contribution is 8.01. The van der Waals surface area contributed by atoms with Crippen molar-refractivity contribution in [3.8, 4) is 17.6 Å². The third kappa shape index (κ3) is 6.75. The van der Waals surface area contributed by atoms with Crippen LogP contribution in [-0.2, 0) is 11.8 Å². The van der Waals surface area contributed by atoms with Crippen LogP contribution in [0.5, 0.6) is 11.5 Å². The summed E-state index contributed by atoms with van der Waals surface area (Å²) in [7, 11) is 1.79. The van der Waals surface area contributed by atoms with Crippen LogP contribution in [-0.4, -0.2) is 80.6 Å². The molecular weight excluding hydrogens is 787 g/mol. The Morgan fingerprint density at radius 3 is 2.50 bits per heavy atom. The number of aryl methyl sites for hydroxylation is 1. The molecule has 3 amide bonds. The molecule has 5 heterocycles. The topological polar surface area (TPSA) is 145 Å². The maximum absolute atomic E-state index is 15.6. The van der Waals surface area contributed by atoms with E-state index < -0.39 is 11.8 Å². The van der Waals surface area contributed by atoms with E-state index in [0.29, 0.717) is 51.2 Å². The number of imide groups is 1. The molecule has 3 saturated heterocycles. The van der Waals surface area contributed by atoms with Crippen molar-refractivity contribution in [2.24, 2.45) is 17.9 Å². The van der Waals surface area contributed by atoms with Gasteiger partial charge < -0.3 is 19.3 Å². The molecule has 0 bridgehead atoms. The van der Waals surface area contributed by atoms with E-state index in [-0.39, 0.29) is 46.7 Å². The molecule has 0 radical (unpaired) electrons. The number of halogens is 2. The molecule has 0 atom stereocenters. The number of hydrogen-bond acceptors (Lipinski definition) is 11. The van der Waals surface area contributed by atoms with Crippen LogP contribution in [0.15, 0.2) is 48.7 Å². The molecule has 0 unspecified atom stereocenters. The molecule has 13 nitrogen and oxygen atoms in total. The lowest BCUT2D eigenvalue weighted by Crippen LogP contribution is -2.67. The molecule has 10 rings (SSSR count). The van der Waals surface area contributed by atoms with E-state index in [1.54, 1.807) is 29.9 Å². The second-order valence-corrected chi connectivity index (χ2v) is 19.2. The Hall–Kier alpha value is -5.53. The zero-order valence-corrected chi connectivity index (χ0v) is 34.6. The highest BCUT2D eigenvalue weighted by Gasteiger charge is 2.56. The molecule has 5 aliphatic rings. The number of nitrogens with one attached hydrogen (secondary N) is 2. The van der Waals surface area contributed by atoms with E-state index in [1.165, 1.54) is 41.8 Å². The molecule has 2 aromatic heterocycles. The summed E-state index contributed by atoms with van der Waals surface area (Å²) < 4.78 is 41.4. The number of carbonyl (C=O) groups excluding carboxylic acids is 2. The van der Waals surface area contributed by atoms with Gasteiger partial charge >= 0.3 is 6.03 Å². The van der Waals surface area contributed by atoms with Gasteiger partial charge in [-0.15, -0.1) is 0 Å². The standard InChI is InChI=1S/C44H46F2N10O3S/c1-25(2)60-52-33-7-5-31(45)40(30(33)21-47)59-28-4-6-34-35(14-28)49-36(22-48-34)26-17-43(18-26)9-12-54(13-10-43)27-19-44(20-27)23-55(24-44)38-16-37-29(15-32(38)46)41(51-53(37)3)56-11-8-39(57)50-42(56)58/h4-7,14-16,22,25-27,52H,8-13,17-20,23-24H2,1-3H3,(H,50,57,58). The molecule has 2 N–H and O–H groups in total. The minimum absolute atomic E-state index is 0.108. The van der Waals surface area contributed by atoms with E-state index >= 15 is 4.39 Å². The fraction of sp³-hybridized carbons (Fsp3) is 0.455. The van der Waals surface area contributed by atoms with Crippen LogP contribution in [0, 0.1) is 33.8 Å². The fourth-order valence-electron chi connectivity index (χ4n) is 10.2. The zero-order valence-electron chi connectivity index (χ0n) is 33.8. The molecule has 5 aromatic rings. The van der Waals surface area contributed by atoms with Gasteiger partial charge in [0.1, 0.15) is 23.2 Å². The van der Waals surface area contributed by atoms with Crippen molar-refractivity contribution in [1.29, 1.82) is 5.26 Å². The van der Waals surface area contributed by atoms with Crippen molar-refractivity contribution in [2.75, 3.05) is 47.2 Å². The maximum atomic E-state index is 15.6. The molecule has 3 aliphatic heterocycles. The number of likely N-dealkylation sites (tertiary alicyclic amines) is 1. The summed E-state index contributed by atoms with van der Waals surface area (Å²) in [6.45, 7) is 8.09. The summed E-state index contributed by atoms with van der Waals surface area (Å²) in [5.41, 5.74) is 4.83. The Bertz CT molecular complexity index is 2600. The summed E-state index contributed by atoms with van der Waals surface area (Å²) in [4.78, 5) is 40.1. The Morgan fingerprint density at radius 2 is 1.77 bits per heavy atom. The predicted molar refractivity (Wildman–Crippen MR) is 226 cm³/mol. The first-order valence-corrected chi connectivity index (χ1v) is 21.6. The number of urea groups is 1. The monoisotopic (exact) mass is 832 g/mol. The van der Waals surface area contributed by atoms with Crippen LogP contribution in [0.3, 0.4) is 0 Å². The average Bonchev–Trinajstić information content (AvgIpc) is 3.49. The number of piperidine rings is 1. The number of fused-ring (bicyclic) bond motifs is 2. The first-order chi connectivity index (χ1) is 28.9. The largest absolute Gasteiger partial charge is 0.453 e. The van der Waals surface area contributed by atoms with E-state index in [2.05, 4.69) is 31.0 Å². The number of nitrogens with zero attached hydrogens (tertiary/aromatic N) is 8. The molecule has 5 fully saturated rings. The molecular formula is C44H46F2N10O3S. The van der Waals surface area contributed by atoms with E-state index in [9.17, 15) is 19.2 Å². The van der Waals surface area contributed by atoms with Crippen LogP contribution in [0.2, 0.25) is 0 Å². The number of anilines is 3. The second kappa shape index (κ2) is 14.6. The van der Waals surface area contributed by atoms with E-state index in [0.717, 1.165) is 68.6 Å². The van der Waals surface area contributed by atoms with Gasteiger partial charge in [-0.2, -0.15) is 10.4 Å². The molecule has 2 aliphatic carbocycles. The first kappa shape index (κ1) is 38.7. The number of nitriles is 1. The van der Waals surface area contributed by atoms with Crippen molar-refractivity contribution in [1.82, 2.24) is 30.0 Å². The lowest BCUT2D eigenvalue weighted by molar-refractivity contribution is -0.120. The summed E-state index contributed by atoms with van der Waals surface area (Å²) in [5, 5.41) is 17.6. The van der Waals surface area contributed by atoms with Crippen LogP contribution < -0.4 is 24.6 Å². The third-order valence-corrected chi connectivity index (χ3v) is 14.3. The van der Waals surface area contributed by atoms with Crippen molar-refractivity contribution >= 4 is 63.0 Å². The van der Waals surface area contributed by atoms with Crippen LogP contribution in [0.25, 0.3) is 21.9 Å².